The molecule has 1 N–H and O–H groups in total. The molecule has 0 saturated carbocycles. The molecule has 0 bridgehead atoms. The van der Waals surface area contributed by atoms with Crippen LogP contribution in [0.15, 0.2) is 22.9 Å². The molecule has 1 saturated heterocycles. The number of nitrogens with one attached hydrogen (secondary N) is 1. The third-order valence-electron chi connectivity index (χ3n) is 3.75. The number of ether oxygens (including phenoxy) is 1. The predicted molar refractivity (Wildman–Crippen MR) is 78.8 cm³/mol. The summed E-state index contributed by atoms with van der Waals surface area (Å²) in [6, 6.07) is 1.99. The standard InChI is InChI=1S/C13H16BrN5O/c1-8-3-4-15-13(12(8)14)19-6-9(11(7-19)20-2)10-5-16-18-17-10/h3-5,9,11H,6-7H2,1-2H3,(H,16,17,18)/t9-,11+/m0/s1. The molecule has 2 aromatic rings. The van der Waals surface area contributed by atoms with Crippen LogP contribution in [-0.2, 0) is 4.74 Å². The Morgan fingerprint density at radius 3 is 3.00 bits per heavy atom. The van der Waals surface area contributed by atoms with Gasteiger partial charge in [-0.1, -0.05) is 0 Å². The van der Waals surface area contributed by atoms with Crippen LogP contribution in [0, 0.1) is 6.92 Å². The lowest BCUT2D eigenvalue weighted by atomic mass is 10.0. The number of nitrogens with zero attached hydrogens (tertiary/aromatic N) is 4. The zero-order valence-electron chi connectivity index (χ0n) is 11.4. The Hall–Kier alpha value is -1.47. The van der Waals surface area contributed by atoms with Crippen molar-refractivity contribution in [2.75, 3.05) is 25.1 Å². The van der Waals surface area contributed by atoms with Crippen LogP contribution in [0.25, 0.3) is 0 Å². The summed E-state index contributed by atoms with van der Waals surface area (Å²) in [7, 11) is 1.74. The average Bonchev–Trinajstić information content (AvgIpc) is 3.09. The van der Waals surface area contributed by atoms with E-state index in [0.717, 1.165) is 29.1 Å². The second-order valence-corrected chi connectivity index (χ2v) is 5.74. The molecule has 2 aromatic heterocycles. The molecular formula is C13H16BrN5O. The number of H-pyrrole nitrogens is 1. The van der Waals surface area contributed by atoms with E-state index >= 15 is 0 Å². The second-order valence-electron chi connectivity index (χ2n) is 4.95. The summed E-state index contributed by atoms with van der Waals surface area (Å²) < 4.78 is 6.64. The Kier molecular flexibility index (Phi) is 3.71. The lowest BCUT2D eigenvalue weighted by Gasteiger charge is -2.19. The molecule has 20 heavy (non-hydrogen) atoms. The van der Waals surface area contributed by atoms with Crippen molar-refractivity contribution in [1.82, 2.24) is 20.4 Å². The highest BCUT2D eigenvalue weighted by Crippen LogP contribution is 2.34. The molecule has 1 fully saturated rings. The van der Waals surface area contributed by atoms with E-state index in [1.165, 1.54) is 5.56 Å². The maximum absolute atomic E-state index is 5.60. The van der Waals surface area contributed by atoms with E-state index in [0.29, 0.717) is 0 Å². The number of rotatable bonds is 3. The summed E-state index contributed by atoms with van der Waals surface area (Å²) in [5.74, 6) is 1.16. The average molecular weight is 338 g/mol. The van der Waals surface area contributed by atoms with Gasteiger partial charge < -0.3 is 9.64 Å². The van der Waals surface area contributed by atoms with Gasteiger partial charge in [0, 0.05) is 26.4 Å². The van der Waals surface area contributed by atoms with Gasteiger partial charge in [-0.3, -0.25) is 0 Å². The van der Waals surface area contributed by atoms with Gasteiger partial charge in [0.15, 0.2) is 0 Å². The maximum Gasteiger partial charge on any atom is 0.143 e. The molecule has 3 rings (SSSR count). The quantitative estimate of drug-likeness (QED) is 0.926. The molecule has 0 spiro atoms. The third kappa shape index (κ3) is 2.31. The number of halogens is 1. The van der Waals surface area contributed by atoms with Gasteiger partial charge in [0.05, 0.1) is 28.4 Å². The fraction of sp³-hybridized carbons (Fsp3) is 0.462. The van der Waals surface area contributed by atoms with Crippen molar-refractivity contribution < 1.29 is 4.74 Å². The molecule has 6 nitrogen and oxygen atoms in total. The Morgan fingerprint density at radius 1 is 1.45 bits per heavy atom. The number of pyridine rings is 1. The van der Waals surface area contributed by atoms with Crippen LogP contribution in [0.5, 0.6) is 0 Å². The van der Waals surface area contributed by atoms with Crippen molar-refractivity contribution in [1.29, 1.82) is 0 Å². The SMILES string of the molecule is CO[C@@H]1CN(c2nccc(C)c2Br)C[C@H]1c1cn[nH]n1. The molecule has 1 aliphatic heterocycles. The van der Waals surface area contributed by atoms with E-state index in [-0.39, 0.29) is 12.0 Å². The topological polar surface area (TPSA) is 66.9 Å². The summed E-state index contributed by atoms with van der Waals surface area (Å²) in [5.41, 5.74) is 2.11. The van der Waals surface area contributed by atoms with Gasteiger partial charge in [-0.2, -0.15) is 15.4 Å². The minimum Gasteiger partial charge on any atom is -0.379 e. The van der Waals surface area contributed by atoms with Gasteiger partial charge in [0.25, 0.3) is 0 Å². The van der Waals surface area contributed by atoms with Crippen molar-refractivity contribution in [3.05, 3.63) is 34.2 Å². The van der Waals surface area contributed by atoms with Gasteiger partial charge in [-0.25, -0.2) is 4.98 Å². The highest BCUT2D eigenvalue weighted by atomic mass is 79.9. The number of methoxy groups -OCH3 is 1. The lowest BCUT2D eigenvalue weighted by molar-refractivity contribution is 0.105. The first-order valence-electron chi connectivity index (χ1n) is 6.45. The van der Waals surface area contributed by atoms with Gasteiger partial charge in [0.1, 0.15) is 5.82 Å². The summed E-state index contributed by atoms with van der Waals surface area (Å²) >= 11 is 3.62. The zero-order valence-corrected chi connectivity index (χ0v) is 13.0. The molecule has 0 aromatic carbocycles. The largest absolute Gasteiger partial charge is 0.379 e. The number of aryl methyl sites for hydroxylation is 1. The van der Waals surface area contributed by atoms with E-state index in [1.54, 1.807) is 13.3 Å². The van der Waals surface area contributed by atoms with Crippen molar-refractivity contribution >= 4 is 21.7 Å². The smallest absolute Gasteiger partial charge is 0.143 e. The molecular weight excluding hydrogens is 322 g/mol. The summed E-state index contributed by atoms with van der Waals surface area (Å²) in [5, 5.41) is 10.7. The van der Waals surface area contributed by atoms with E-state index in [2.05, 4.69) is 48.1 Å². The minimum atomic E-state index is 0.0920. The number of aromatic amines is 1. The first-order chi connectivity index (χ1) is 9.70. The minimum absolute atomic E-state index is 0.0920. The van der Waals surface area contributed by atoms with Crippen molar-refractivity contribution in [2.24, 2.45) is 0 Å². The molecule has 0 amide bonds. The lowest BCUT2D eigenvalue weighted by Crippen LogP contribution is -2.23. The fourth-order valence-corrected chi connectivity index (χ4v) is 3.09. The Balaban J connectivity index is 1.88. The van der Waals surface area contributed by atoms with Gasteiger partial charge in [-0.15, -0.1) is 0 Å². The second kappa shape index (κ2) is 5.49. The Morgan fingerprint density at radius 2 is 2.30 bits per heavy atom. The molecule has 0 radical (unpaired) electrons. The van der Waals surface area contributed by atoms with Crippen molar-refractivity contribution in [3.63, 3.8) is 0 Å². The van der Waals surface area contributed by atoms with E-state index in [9.17, 15) is 0 Å². The maximum atomic E-state index is 5.60. The number of anilines is 1. The van der Waals surface area contributed by atoms with Crippen molar-refractivity contribution in [3.8, 4) is 0 Å². The van der Waals surface area contributed by atoms with Crippen LogP contribution in [0.4, 0.5) is 5.82 Å². The summed E-state index contributed by atoms with van der Waals surface area (Å²) in [4.78, 5) is 6.71. The molecule has 0 unspecified atom stereocenters. The monoisotopic (exact) mass is 337 g/mol. The third-order valence-corrected chi connectivity index (χ3v) is 4.73. The Labute approximate surface area is 125 Å². The van der Waals surface area contributed by atoms with Gasteiger partial charge in [0.2, 0.25) is 0 Å². The summed E-state index contributed by atoms with van der Waals surface area (Å²) in [6.07, 6.45) is 3.69. The fourth-order valence-electron chi connectivity index (χ4n) is 2.61. The van der Waals surface area contributed by atoms with Crippen LogP contribution in [0.1, 0.15) is 17.2 Å². The van der Waals surface area contributed by atoms with Crippen LogP contribution < -0.4 is 4.90 Å². The first-order valence-corrected chi connectivity index (χ1v) is 7.24. The van der Waals surface area contributed by atoms with Crippen LogP contribution in [-0.4, -0.2) is 46.7 Å². The van der Waals surface area contributed by atoms with Gasteiger partial charge in [-0.05, 0) is 34.5 Å². The van der Waals surface area contributed by atoms with Crippen LogP contribution in [0.3, 0.4) is 0 Å². The molecule has 1 aliphatic rings. The number of aromatic nitrogens is 4. The van der Waals surface area contributed by atoms with Crippen LogP contribution in [0.2, 0.25) is 0 Å². The van der Waals surface area contributed by atoms with Crippen LogP contribution >= 0.6 is 15.9 Å². The summed E-state index contributed by atoms with van der Waals surface area (Å²) in [6.45, 7) is 3.68. The van der Waals surface area contributed by atoms with E-state index < -0.39 is 0 Å². The molecule has 3 heterocycles. The van der Waals surface area contributed by atoms with Crippen molar-refractivity contribution in [2.45, 2.75) is 18.9 Å². The molecule has 7 heteroatoms. The normalized spacial score (nSPS) is 22.4. The highest BCUT2D eigenvalue weighted by Gasteiger charge is 2.36. The van der Waals surface area contributed by atoms with Gasteiger partial charge >= 0.3 is 0 Å². The predicted octanol–water partition coefficient (Wildman–Crippen LogP) is 1.89. The molecule has 2 atom stereocenters. The highest BCUT2D eigenvalue weighted by molar-refractivity contribution is 9.10. The first kappa shape index (κ1) is 13.5. The number of hydrogen-bond acceptors (Lipinski definition) is 5. The zero-order chi connectivity index (χ0) is 14.1. The molecule has 0 aliphatic carbocycles. The molecule has 106 valence electrons. The Bertz CT molecular complexity index is 588. The number of hydrogen-bond donors (Lipinski definition) is 1. The van der Waals surface area contributed by atoms with E-state index in [1.807, 2.05) is 12.3 Å². The van der Waals surface area contributed by atoms with E-state index in [4.69, 9.17) is 4.74 Å².